The molecule has 1 aliphatic rings. The Kier molecular flexibility index (Phi) is 2.90. The van der Waals surface area contributed by atoms with Gasteiger partial charge in [0, 0.05) is 0 Å². The van der Waals surface area contributed by atoms with E-state index in [4.69, 9.17) is 5.26 Å². The highest BCUT2D eigenvalue weighted by Gasteiger charge is 2.68. The van der Waals surface area contributed by atoms with Crippen LogP contribution in [0, 0.1) is 24.2 Å². The van der Waals surface area contributed by atoms with Gasteiger partial charge in [0.25, 0.3) is 0 Å². The number of rotatable bonds is 3. The van der Waals surface area contributed by atoms with Crippen molar-refractivity contribution in [3.63, 3.8) is 0 Å². The second-order valence-corrected chi connectivity index (χ2v) is 6.67. The summed E-state index contributed by atoms with van der Waals surface area (Å²) in [5, 5.41) is 8.96. The number of sulfone groups is 1. The van der Waals surface area contributed by atoms with Gasteiger partial charge in [0.2, 0.25) is 6.43 Å². The van der Waals surface area contributed by atoms with Crippen LogP contribution in [0.15, 0.2) is 29.2 Å². The van der Waals surface area contributed by atoms with E-state index in [0.29, 0.717) is 0 Å². The van der Waals surface area contributed by atoms with Gasteiger partial charge in [-0.15, -0.1) is 0 Å². The lowest BCUT2D eigenvalue weighted by Gasteiger charge is -2.10. The van der Waals surface area contributed by atoms with E-state index in [2.05, 4.69) is 0 Å². The lowest BCUT2D eigenvalue weighted by atomic mass is 10.2. The molecular formula is C12H11F2NO2S. The van der Waals surface area contributed by atoms with Crippen molar-refractivity contribution in [3.05, 3.63) is 29.8 Å². The van der Waals surface area contributed by atoms with Gasteiger partial charge in [-0.1, -0.05) is 17.7 Å². The van der Waals surface area contributed by atoms with Crippen LogP contribution in [-0.2, 0) is 9.84 Å². The van der Waals surface area contributed by atoms with Crippen molar-refractivity contribution in [2.24, 2.45) is 5.92 Å². The molecule has 0 unspecified atom stereocenters. The summed E-state index contributed by atoms with van der Waals surface area (Å²) in [6, 6.07) is 7.43. The Morgan fingerprint density at radius 1 is 1.39 bits per heavy atom. The minimum atomic E-state index is -4.03. The number of nitriles is 1. The molecule has 0 bridgehead atoms. The molecule has 0 saturated heterocycles. The molecule has 0 aliphatic heterocycles. The fraction of sp³-hybridized carbons (Fsp3) is 0.417. The maximum absolute atomic E-state index is 12.6. The van der Waals surface area contributed by atoms with Crippen LogP contribution in [-0.4, -0.2) is 19.6 Å². The normalized spacial score (nSPS) is 26.9. The SMILES string of the molecule is Cc1ccc(S(=O)(=O)[C@]2(C#N)C[C@H]2C(F)F)cc1. The molecule has 1 saturated carbocycles. The standard InChI is InChI=1S/C12H11F2NO2S/c1-8-2-4-9(5-3-8)18(16,17)12(7-15)6-10(12)11(13)14/h2-5,10-11H,6H2,1H3/t10-,12-/m0/s1. The molecule has 1 fully saturated rings. The minimum absolute atomic E-state index is 0.0715. The summed E-state index contributed by atoms with van der Waals surface area (Å²) in [4.78, 5) is -0.0715. The molecule has 6 heteroatoms. The molecule has 2 atom stereocenters. The molecule has 1 aromatic rings. The Bertz CT molecular complexity index is 604. The number of hydrogen-bond acceptors (Lipinski definition) is 3. The zero-order valence-electron chi connectivity index (χ0n) is 9.60. The number of nitrogens with zero attached hydrogens (tertiary/aromatic N) is 1. The Morgan fingerprint density at radius 3 is 2.33 bits per heavy atom. The third-order valence-electron chi connectivity index (χ3n) is 3.27. The Balaban J connectivity index is 2.45. The third kappa shape index (κ3) is 1.70. The molecule has 0 N–H and O–H groups in total. The highest BCUT2D eigenvalue weighted by atomic mass is 32.2. The lowest BCUT2D eigenvalue weighted by molar-refractivity contribution is 0.120. The molecule has 0 heterocycles. The van der Waals surface area contributed by atoms with Crippen molar-refractivity contribution < 1.29 is 17.2 Å². The molecule has 0 radical (unpaired) electrons. The summed E-state index contributed by atoms with van der Waals surface area (Å²) in [5.41, 5.74) is 0.862. The predicted octanol–water partition coefficient (Wildman–Crippen LogP) is 2.32. The number of aryl methyl sites for hydroxylation is 1. The van der Waals surface area contributed by atoms with Crippen molar-refractivity contribution in [2.45, 2.75) is 29.4 Å². The molecular weight excluding hydrogens is 260 g/mol. The van der Waals surface area contributed by atoms with Crippen LogP contribution in [0.3, 0.4) is 0 Å². The fourth-order valence-electron chi connectivity index (χ4n) is 1.99. The van der Waals surface area contributed by atoms with Gasteiger partial charge in [0.05, 0.1) is 16.9 Å². The summed E-state index contributed by atoms with van der Waals surface area (Å²) in [5.74, 6) is -1.38. The van der Waals surface area contributed by atoms with Gasteiger partial charge in [0.15, 0.2) is 14.6 Å². The first kappa shape index (κ1) is 13.0. The molecule has 0 aromatic heterocycles. The monoisotopic (exact) mass is 271 g/mol. The quantitative estimate of drug-likeness (QED) is 0.847. The van der Waals surface area contributed by atoms with E-state index in [1.54, 1.807) is 25.1 Å². The maximum Gasteiger partial charge on any atom is 0.244 e. The number of halogens is 2. The van der Waals surface area contributed by atoms with Gasteiger partial charge in [-0.05, 0) is 25.5 Å². The largest absolute Gasteiger partial charge is 0.244 e. The lowest BCUT2D eigenvalue weighted by Crippen LogP contribution is -2.26. The van der Waals surface area contributed by atoms with Crippen LogP contribution in [0.2, 0.25) is 0 Å². The fourth-order valence-corrected chi connectivity index (χ4v) is 3.92. The molecule has 2 rings (SSSR count). The molecule has 3 nitrogen and oxygen atoms in total. The summed E-state index contributed by atoms with van der Waals surface area (Å²) in [6.07, 6.45) is -3.08. The van der Waals surface area contributed by atoms with Crippen LogP contribution in [0.4, 0.5) is 8.78 Å². The zero-order chi connectivity index (χ0) is 13.6. The van der Waals surface area contributed by atoms with E-state index in [1.807, 2.05) is 0 Å². The van der Waals surface area contributed by atoms with Crippen molar-refractivity contribution >= 4 is 9.84 Å². The second-order valence-electron chi connectivity index (χ2n) is 4.46. The summed E-state index contributed by atoms with van der Waals surface area (Å²) in [6.45, 7) is 1.79. The Morgan fingerprint density at radius 2 is 1.94 bits per heavy atom. The summed E-state index contributed by atoms with van der Waals surface area (Å²) in [7, 11) is -4.03. The number of alkyl halides is 2. The van der Waals surface area contributed by atoms with E-state index < -0.39 is 26.9 Å². The van der Waals surface area contributed by atoms with Crippen molar-refractivity contribution in [1.82, 2.24) is 0 Å². The van der Waals surface area contributed by atoms with Gasteiger partial charge in [-0.25, -0.2) is 17.2 Å². The first-order valence-corrected chi connectivity index (χ1v) is 6.84. The highest BCUT2D eigenvalue weighted by Crippen LogP contribution is 2.54. The molecule has 18 heavy (non-hydrogen) atoms. The number of hydrogen-bond donors (Lipinski definition) is 0. The first-order chi connectivity index (χ1) is 8.35. The van der Waals surface area contributed by atoms with E-state index >= 15 is 0 Å². The van der Waals surface area contributed by atoms with Gasteiger partial charge >= 0.3 is 0 Å². The average molecular weight is 271 g/mol. The van der Waals surface area contributed by atoms with Gasteiger partial charge in [0.1, 0.15) is 0 Å². The van der Waals surface area contributed by atoms with Crippen LogP contribution < -0.4 is 0 Å². The van der Waals surface area contributed by atoms with Gasteiger partial charge in [-0.3, -0.25) is 0 Å². The van der Waals surface area contributed by atoms with E-state index in [-0.39, 0.29) is 11.3 Å². The first-order valence-electron chi connectivity index (χ1n) is 5.36. The molecule has 0 spiro atoms. The number of benzene rings is 1. The molecule has 1 aliphatic carbocycles. The van der Waals surface area contributed by atoms with Crippen molar-refractivity contribution in [1.29, 1.82) is 5.26 Å². The third-order valence-corrected chi connectivity index (χ3v) is 5.68. The molecule has 96 valence electrons. The summed E-state index contributed by atoms with van der Waals surface area (Å²) < 4.78 is 47.7. The van der Waals surface area contributed by atoms with Crippen molar-refractivity contribution in [3.8, 4) is 6.07 Å². The van der Waals surface area contributed by atoms with Crippen molar-refractivity contribution in [2.75, 3.05) is 0 Å². The molecule has 1 aromatic carbocycles. The van der Waals surface area contributed by atoms with Gasteiger partial charge < -0.3 is 0 Å². The molecule has 0 amide bonds. The van der Waals surface area contributed by atoms with Crippen LogP contribution in [0.1, 0.15) is 12.0 Å². The Labute approximate surface area is 104 Å². The van der Waals surface area contributed by atoms with Crippen LogP contribution >= 0.6 is 0 Å². The minimum Gasteiger partial charge on any atom is -0.222 e. The smallest absolute Gasteiger partial charge is 0.222 e. The zero-order valence-corrected chi connectivity index (χ0v) is 10.4. The van der Waals surface area contributed by atoms with Gasteiger partial charge in [-0.2, -0.15) is 5.26 Å². The Hall–Kier alpha value is -1.48. The second kappa shape index (κ2) is 4.02. The highest BCUT2D eigenvalue weighted by molar-refractivity contribution is 7.93. The maximum atomic E-state index is 12.6. The summed E-state index contributed by atoms with van der Waals surface area (Å²) >= 11 is 0. The van der Waals surface area contributed by atoms with E-state index in [9.17, 15) is 17.2 Å². The van der Waals surface area contributed by atoms with E-state index in [0.717, 1.165) is 5.56 Å². The topological polar surface area (TPSA) is 57.9 Å². The van der Waals surface area contributed by atoms with Crippen LogP contribution in [0.5, 0.6) is 0 Å². The average Bonchev–Trinajstić information content (AvgIpc) is 3.06. The van der Waals surface area contributed by atoms with E-state index in [1.165, 1.54) is 12.1 Å². The van der Waals surface area contributed by atoms with Crippen LogP contribution in [0.25, 0.3) is 0 Å². The predicted molar refractivity (Wildman–Crippen MR) is 60.8 cm³/mol.